The number of rotatable bonds is 3. The molecule has 1 aliphatic heterocycles. The van der Waals surface area contributed by atoms with Crippen LogP contribution in [0.25, 0.3) is 11.1 Å². The minimum atomic E-state index is -0.896. The minimum Gasteiger partial charge on any atom is -0.481 e. The fourth-order valence-electron chi connectivity index (χ4n) is 3.14. The first kappa shape index (κ1) is 16.4. The van der Waals surface area contributed by atoms with Crippen LogP contribution in [0.4, 0.5) is 0 Å². The van der Waals surface area contributed by atoms with Crippen LogP contribution >= 0.6 is 0 Å². The van der Waals surface area contributed by atoms with E-state index in [0.717, 1.165) is 0 Å². The molecule has 1 unspecified atom stereocenters. The lowest BCUT2D eigenvalue weighted by Gasteiger charge is -2.20. The van der Waals surface area contributed by atoms with E-state index in [1.54, 1.807) is 24.8 Å². The van der Waals surface area contributed by atoms with Crippen molar-refractivity contribution in [2.45, 2.75) is 40.0 Å². The summed E-state index contributed by atoms with van der Waals surface area (Å²) in [6, 6.07) is 1.73. The summed E-state index contributed by atoms with van der Waals surface area (Å²) in [7, 11) is 0. The van der Waals surface area contributed by atoms with E-state index in [9.17, 15) is 14.7 Å². The molecule has 24 heavy (non-hydrogen) atoms. The number of carbonyl (C=O) groups excluding carboxylic acids is 1. The summed E-state index contributed by atoms with van der Waals surface area (Å²) in [5, 5.41) is 14.1. The van der Waals surface area contributed by atoms with E-state index >= 15 is 0 Å². The molecule has 1 atom stereocenters. The predicted octanol–water partition coefficient (Wildman–Crippen LogP) is 2.59. The van der Waals surface area contributed by atoms with Gasteiger partial charge in [-0.25, -0.2) is 4.98 Å². The lowest BCUT2D eigenvalue weighted by molar-refractivity contribution is -0.147. The molecule has 1 fully saturated rings. The summed E-state index contributed by atoms with van der Waals surface area (Å²) >= 11 is 0. The molecule has 0 saturated carbocycles. The minimum absolute atomic E-state index is 0.0881. The molecule has 3 heterocycles. The summed E-state index contributed by atoms with van der Waals surface area (Å²) in [6.45, 7) is 8.04. The van der Waals surface area contributed by atoms with E-state index in [0.29, 0.717) is 41.0 Å². The van der Waals surface area contributed by atoms with Gasteiger partial charge in [0.25, 0.3) is 11.6 Å². The number of carboxylic acid groups (broad SMARTS) is 1. The number of hydrogen-bond donors (Lipinski definition) is 1. The Balaban J connectivity index is 2.04. The molecule has 3 rings (SSSR count). The van der Waals surface area contributed by atoms with Crippen molar-refractivity contribution < 1.29 is 19.2 Å². The molecular formula is C17H21N3O4. The smallest absolute Gasteiger partial charge is 0.311 e. The number of likely N-dealkylation sites (tertiary alicyclic amines) is 1. The third-order valence-electron chi connectivity index (χ3n) is 4.66. The van der Waals surface area contributed by atoms with E-state index < -0.39 is 11.4 Å². The number of aromatic nitrogens is 2. The molecule has 7 nitrogen and oxygen atoms in total. The topological polar surface area (TPSA) is 96.5 Å². The summed E-state index contributed by atoms with van der Waals surface area (Å²) in [6.07, 6.45) is 0.446. The number of hydrogen-bond acceptors (Lipinski definition) is 5. The predicted molar refractivity (Wildman–Crippen MR) is 86.9 cm³/mol. The molecule has 2 aromatic heterocycles. The van der Waals surface area contributed by atoms with Crippen LogP contribution in [0, 0.1) is 12.3 Å². The highest BCUT2D eigenvalue weighted by Gasteiger charge is 2.42. The van der Waals surface area contributed by atoms with Crippen LogP contribution in [0.2, 0.25) is 0 Å². The van der Waals surface area contributed by atoms with Gasteiger partial charge in [-0.15, -0.1) is 0 Å². The van der Waals surface area contributed by atoms with Crippen LogP contribution in [0.5, 0.6) is 0 Å². The highest BCUT2D eigenvalue weighted by Crippen LogP contribution is 2.33. The monoisotopic (exact) mass is 331 g/mol. The highest BCUT2D eigenvalue weighted by molar-refractivity contribution is 6.06. The zero-order valence-electron chi connectivity index (χ0n) is 14.3. The third-order valence-corrected chi connectivity index (χ3v) is 4.66. The normalized spacial score (nSPS) is 21.0. The standard InChI is InChI=1S/C17H21N3O4/c1-9(2)13-12-11(7-10(3)18-14(12)24-19-13)15(21)20-6-5-17(4,8-20)16(22)23/h7,9H,5-6,8H2,1-4H3,(H,22,23). The van der Waals surface area contributed by atoms with E-state index in [1.807, 2.05) is 13.8 Å². The van der Waals surface area contributed by atoms with Crippen LogP contribution in [0.1, 0.15) is 54.9 Å². The van der Waals surface area contributed by atoms with Gasteiger partial charge in [0, 0.05) is 18.8 Å². The van der Waals surface area contributed by atoms with Crippen molar-refractivity contribution >= 4 is 23.0 Å². The Hall–Kier alpha value is -2.44. The molecule has 7 heteroatoms. The van der Waals surface area contributed by atoms with Gasteiger partial charge in [-0.3, -0.25) is 9.59 Å². The van der Waals surface area contributed by atoms with Gasteiger partial charge < -0.3 is 14.5 Å². The van der Waals surface area contributed by atoms with Crippen molar-refractivity contribution in [3.8, 4) is 0 Å². The first-order valence-electron chi connectivity index (χ1n) is 8.02. The Morgan fingerprint density at radius 3 is 2.71 bits per heavy atom. The largest absolute Gasteiger partial charge is 0.481 e. The molecule has 2 aromatic rings. The quantitative estimate of drug-likeness (QED) is 0.928. The zero-order chi connectivity index (χ0) is 17.6. The maximum absolute atomic E-state index is 13.0. The van der Waals surface area contributed by atoms with Crippen molar-refractivity contribution in [1.29, 1.82) is 0 Å². The van der Waals surface area contributed by atoms with Crippen molar-refractivity contribution in [1.82, 2.24) is 15.0 Å². The average Bonchev–Trinajstić information content (AvgIpc) is 3.10. The molecule has 0 radical (unpaired) electrons. The maximum Gasteiger partial charge on any atom is 0.311 e. The second kappa shape index (κ2) is 5.58. The Labute approximate surface area is 139 Å². The average molecular weight is 331 g/mol. The molecule has 0 spiro atoms. The molecule has 128 valence electrons. The molecule has 1 amide bonds. The van der Waals surface area contributed by atoms with Gasteiger partial charge in [-0.2, -0.15) is 0 Å². The Bertz CT molecular complexity index is 827. The van der Waals surface area contributed by atoms with Crippen molar-refractivity contribution in [2.75, 3.05) is 13.1 Å². The fourth-order valence-corrected chi connectivity index (χ4v) is 3.14. The van der Waals surface area contributed by atoms with Crippen molar-refractivity contribution in [3.63, 3.8) is 0 Å². The molecule has 1 N–H and O–H groups in total. The van der Waals surface area contributed by atoms with E-state index in [-0.39, 0.29) is 18.4 Å². The SMILES string of the molecule is Cc1cc(C(=O)N2CCC(C)(C(=O)O)C2)c2c(C(C)C)noc2n1. The molecule has 1 saturated heterocycles. The molecular weight excluding hydrogens is 310 g/mol. The van der Waals surface area contributed by atoms with Gasteiger partial charge in [0.05, 0.1) is 22.1 Å². The lowest BCUT2D eigenvalue weighted by Crippen LogP contribution is -2.35. The second-order valence-corrected chi connectivity index (χ2v) is 7.06. The van der Waals surface area contributed by atoms with Crippen LogP contribution in [-0.4, -0.2) is 45.1 Å². The van der Waals surface area contributed by atoms with Crippen LogP contribution in [-0.2, 0) is 4.79 Å². The van der Waals surface area contributed by atoms with Crippen LogP contribution in [0.15, 0.2) is 10.6 Å². The molecule has 0 aliphatic carbocycles. The number of nitrogens with zero attached hydrogens (tertiary/aromatic N) is 3. The van der Waals surface area contributed by atoms with Gasteiger partial charge in [0.1, 0.15) is 0 Å². The number of carbonyl (C=O) groups is 2. The van der Waals surface area contributed by atoms with Crippen molar-refractivity contribution in [3.05, 3.63) is 23.0 Å². The first-order chi connectivity index (χ1) is 11.2. The third kappa shape index (κ3) is 2.53. The summed E-state index contributed by atoms with van der Waals surface area (Å²) in [4.78, 5) is 30.4. The highest BCUT2D eigenvalue weighted by atomic mass is 16.5. The summed E-state index contributed by atoms with van der Waals surface area (Å²) < 4.78 is 5.30. The first-order valence-corrected chi connectivity index (χ1v) is 8.02. The van der Waals surface area contributed by atoms with Gasteiger partial charge >= 0.3 is 5.97 Å². The lowest BCUT2D eigenvalue weighted by atomic mass is 9.90. The van der Waals surface area contributed by atoms with Crippen LogP contribution < -0.4 is 0 Å². The van der Waals surface area contributed by atoms with Crippen molar-refractivity contribution in [2.24, 2.45) is 5.41 Å². The number of aryl methyl sites for hydroxylation is 1. The molecule has 0 aromatic carbocycles. The van der Waals surface area contributed by atoms with E-state index in [2.05, 4.69) is 10.1 Å². The van der Waals surface area contributed by atoms with Gasteiger partial charge in [0.15, 0.2) is 0 Å². The summed E-state index contributed by atoms with van der Waals surface area (Å²) in [5.41, 5.74) is 1.30. The van der Waals surface area contributed by atoms with E-state index in [1.165, 1.54) is 0 Å². The van der Waals surface area contributed by atoms with Gasteiger partial charge in [0.2, 0.25) is 0 Å². The Kier molecular flexibility index (Phi) is 3.81. The number of pyridine rings is 1. The molecule has 0 bridgehead atoms. The maximum atomic E-state index is 13.0. The molecule has 1 aliphatic rings. The fraction of sp³-hybridized carbons (Fsp3) is 0.529. The Morgan fingerprint density at radius 1 is 1.42 bits per heavy atom. The number of fused-ring (bicyclic) bond motifs is 1. The Morgan fingerprint density at radius 2 is 2.12 bits per heavy atom. The van der Waals surface area contributed by atoms with E-state index in [4.69, 9.17) is 4.52 Å². The zero-order valence-corrected chi connectivity index (χ0v) is 14.3. The second-order valence-electron chi connectivity index (χ2n) is 7.06. The van der Waals surface area contributed by atoms with Gasteiger partial charge in [-0.1, -0.05) is 19.0 Å². The number of carboxylic acids is 1. The number of amides is 1. The van der Waals surface area contributed by atoms with Crippen LogP contribution in [0.3, 0.4) is 0 Å². The number of aliphatic carboxylic acids is 1. The summed E-state index contributed by atoms with van der Waals surface area (Å²) in [5.74, 6) is -0.979. The van der Waals surface area contributed by atoms with Gasteiger partial charge in [-0.05, 0) is 32.3 Å².